The van der Waals surface area contributed by atoms with Crippen molar-refractivity contribution in [3.05, 3.63) is 22.7 Å². The van der Waals surface area contributed by atoms with E-state index in [4.69, 9.17) is 5.73 Å². The van der Waals surface area contributed by atoms with Gasteiger partial charge in [-0.1, -0.05) is 15.9 Å². The molecule has 1 aromatic rings. The first-order valence-corrected chi connectivity index (χ1v) is 7.07. The predicted molar refractivity (Wildman–Crippen MR) is 77.0 cm³/mol. The monoisotopic (exact) mass is 368 g/mol. The van der Waals surface area contributed by atoms with Crippen molar-refractivity contribution in [3.8, 4) is 5.75 Å². The Labute approximate surface area is 129 Å². The molecule has 1 aromatic carbocycles. The number of carbonyl (C=O) groups excluding carboxylic acids is 1. The van der Waals surface area contributed by atoms with Crippen molar-refractivity contribution in [3.63, 3.8) is 0 Å². The van der Waals surface area contributed by atoms with Crippen LogP contribution in [0.15, 0.2) is 22.7 Å². The van der Waals surface area contributed by atoms with Crippen LogP contribution in [-0.2, 0) is 4.79 Å². The lowest BCUT2D eigenvalue weighted by Crippen LogP contribution is -2.20. The van der Waals surface area contributed by atoms with Crippen LogP contribution in [0, 0.1) is 0 Å². The van der Waals surface area contributed by atoms with Crippen molar-refractivity contribution in [2.24, 2.45) is 5.73 Å². The Morgan fingerprint density at radius 2 is 2.14 bits per heavy atom. The highest BCUT2D eigenvalue weighted by atomic mass is 79.9. The van der Waals surface area contributed by atoms with E-state index in [0.29, 0.717) is 17.3 Å². The fourth-order valence-electron chi connectivity index (χ4n) is 1.61. The van der Waals surface area contributed by atoms with Gasteiger partial charge in [0, 0.05) is 16.9 Å². The molecule has 0 bridgehead atoms. The number of rotatable bonds is 6. The fraction of sp³-hybridized carbons (Fsp3) is 0.462. The van der Waals surface area contributed by atoms with Crippen molar-refractivity contribution in [1.82, 2.24) is 0 Å². The fourth-order valence-corrected chi connectivity index (χ4v) is 1.95. The van der Waals surface area contributed by atoms with E-state index in [1.807, 2.05) is 6.92 Å². The standard InChI is InChI=1S/C13H16BrF3N2O2/c1-8(18)3-2-4-12(20)19-10-6-5-9(14)7-11(10)21-13(15,16)17/h5-8H,2-4,18H2,1H3,(H,19,20). The predicted octanol–water partition coefficient (Wildman–Crippen LogP) is 3.80. The van der Waals surface area contributed by atoms with E-state index in [1.54, 1.807) is 0 Å². The van der Waals surface area contributed by atoms with Crippen LogP contribution < -0.4 is 15.8 Å². The molecule has 1 rings (SSSR count). The summed E-state index contributed by atoms with van der Waals surface area (Å²) in [5.74, 6) is -0.845. The number of anilines is 1. The van der Waals surface area contributed by atoms with Gasteiger partial charge in [-0.2, -0.15) is 0 Å². The summed E-state index contributed by atoms with van der Waals surface area (Å²) < 4.78 is 41.3. The largest absolute Gasteiger partial charge is 0.573 e. The second-order valence-electron chi connectivity index (χ2n) is 4.61. The molecule has 0 spiro atoms. The first kappa shape index (κ1) is 17.8. The van der Waals surface area contributed by atoms with Gasteiger partial charge in [0.05, 0.1) is 5.69 Å². The second kappa shape index (κ2) is 7.65. The minimum atomic E-state index is -4.82. The van der Waals surface area contributed by atoms with E-state index >= 15 is 0 Å². The number of halogens is 4. The van der Waals surface area contributed by atoms with Crippen LogP contribution in [0.3, 0.4) is 0 Å². The van der Waals surface area contributed by atoms with Gasteiger partial charge in [0.2, 0.25) is 5.91 Å². The van der Waals surface area contributed by atoms with Crippen molar-refractivity contribution >= 4 is 27.5 Å². The number of carbonyl (C=O) groups is 1. The van der Waals surface area contributed by atoms with E-state index in [9.17, 15) is 18.0 Å². The zero-order valence-corrected chi connectivity index (χ0v) is 12.9. The third kappa shape index (κ3) is 7.33. The molecule has 0 aliphatic carbocycles. The first-order chi connectivity index (χ1) is 9.67. The smallest absolute Gasteiger partial charge is 0.404 e. The molecule has 21 heavy (non-hydrogen) atoms. The van der Waals surface area contributed by atoms with Crippen molar-refractivity contribution in [2.45, 2.75) is 38.6 Å². The van der Waals surface area contributed by atoms with Crippen LogP contribution in [0.4, 0.5) is 18.9 Å². The molecule has 4 nitrogen and oxygen atoms in total. The summed E-state index contributed by atoms with van der Waals surface area (Å²) in [6, 6.07) is 3.98. The number of amides is 1. The molecule has 1 unspecified atom stereocenters. The van der Waals surface area contributed by atoms with Gasteiger partial charge < -0.3 is 15.8 Å². The third-order valence-corrected chi connectivity index (χ3v) is 3.00. The zero-order valence-electron chi connectivity index (χ0n) is 11.3. The Kier molecular flexibility index (Phi) is 6.47. The highest BCUT2D eigenvalue weighted by molar-refractivity contribution is 9.10. The summed E-state index contributed by atoms with van der Waals surface area (Å²) in [4.78, 5) is 11.7. The maximum Gasteiger partial charge on any atom is 0.573 e. The molecular formula is C13H16BrF3N2O2. The van der Waals surface area contributed by atoms with Gasteiger partial charge in [-0.3, -0.25) is 4.79 Å². The van der Waals surface area contributed by atoms with Crippen molar-refractivity contribution in [1.29, 1.82) is 0 Å². The molecule has 0 aromatic heterocycles. The summed E-state index contributed by atoms with van der Waals surface area (Å²) in [5.41, 5.74) is 5.53. The average molecular weight is 369 g/mol. The summed E-state index contributed by atoms with van der Waals surface area (Å²) in [6.07, 6.45) is -3.41. The molecule has 0 heterocycles. The lowest BCUT2D eigenvalue weighted by molar-refractivity contribution is -0.274. The zero-order chi connectivity index (χ0) is 16.0. The highest BCUT2D eigenvalue weighted by Gasteiger charge is 2.32. The van der Waals surface area contributed by atoms with Crippen LogP contribution in [0.1, 0.15) is 26.2 Å². The van der Waals surface area contributed by atoms with Crippen LogP contribution >= 0.6 is 15.9 Å². The maximum atomic E-state index is 12.3. The van der Waals surface area contributed by atoms with Gasteiger partial charge >= 0.3 is 6.36 Å². The molecule has 0 aliphatic rings. The number of hydrogen-bond donors (Lipinski definition) is 2. The number of alkyl halides is 3. The molecule has 1 amide bonds. The minimum absolute atomic E-state index is 0.0189. The van der Waals surface area contributed by atoms with Crippen LogP contribution in [0.2, 0.25) is 0 Å². The van der Waals surface area contributed by atoms with E-state index in [1.165, 1.54) is 12.1 Å². The Bertz CT molecular complexity index is 493. The summed E-state index contributed by atoms with van der Waals surface area (Å²) >= 11 is 3.05. The molecule has 0 fully saturated rings. The van der Waals surface area contributed by atoms with Gasteiger partial charge in [0.25, 0.3) is 0 Å². The Balaban J connectivity index is 2.71. The number of hydrogen-bond acceptors (Lipinski definition) is 3. The Morgan fingerprint density at radius 1 is 1.48 bits per heavy atom. The van der Waals surface area contributed by atoms with Crippen LogP contribution in [0.5, 0.6) is 5.75 Å². The van der Waals surface area contributed by atoms with Gasteiger partial charge in [0.15, 0.2) is 5.75 Å². The number of nitrogens with one attached hydrogen (secondary N) is 1. The number of nitrogens with two attached hydrogens (primary N) is 1. The van der Waals surface area contributed by atoms with Gasteiger partial charge in [0.1, 0.15) is 0 Å². The normalized spacial score (nSPS) is 12.9. The lowest BCUT2D eigenvalue weighted by atomic mass is 10.1. The molecule has 118 valence electrons. The van der Waals surface area contributed by atoms with Gasteiger partial charge in [-0.15, -0.1) is 13.2 Å². The molecule has 3 N–H and O–H groups in total. The average Bonchev–Trinajstić information content (AvgIpc) is 2.30. The summed E-state index contributed by atoms with van der Waals surface area (Å²) in [6.45, 7) is 1.82. The Hall–Kier alpha value is -1.28. The van der Waals surface area contributed by atoms with Crippen molar-refractivity contribution in [2.75, 3.05) is 5.32 Å². The molecular weight excluding hydrogens is 353 g/mol. The Morgan fingerprint density at radius 3 is 2.71 bits per heavy atom. The first-order valence-electron chi connectivity index (χ1n) is 6.28. The van der Waals surface area contributed by atoms with E-state index in [0.717, 1.165) is 6.07 Å². The summed E-state index contributed by atoms with van der Waals surface area (Å²) in [7, 11) is 0. The summed E-state index contributed by atoms with van der Waals surface area (Å²) in [5, 5.41) is 2.41. The lowest BCUT2D eigenvalue weighted by Gasteiger charge is -2.14. The number of benzene rings is 1. The highest BCUT2D eigenvalue weighted by Crippen LogP contribution is 2.33. The molecule has 1 atom stereocenters. The molecule has 0 saturated heterocycles. The van der Waals surface area contributed by atoms with E-state index < -0.39 is 12.1 Å². The molecule has 0 saturated carbocycles. The SMILES string of the molecule is CC(N)CCCC(=O)Nc1ccc(Br)cc1OC(F)(F)F. The maximum absolute atomic E-state index is 12.3. The van der Waals surface area contributed by atoms with Crippen LogP contribution in [-0.4, -0.2) is 18.3 Å². The minimum Gasteiger partial charge on any atom is -0.404 e. The topological polar surface area (TPSA) is 64.4 Å². The molecule has 0 aliphatic heterocycles. The quantitative estimate of drug-likeness (QED) is 0.802. The van der Waals surface area contributed by atoms with E-state index in [-0.39, 0.29) is 24.1 Å². The third-order valence-electron chi connectivity index (χ3n) is 2.51. The number of ether oxygens (including phenoxy) is 1. The van der Waals surface area contributed by atoms with Crippen molar-refractivity contribution < 1.29 is 22.7 Å². The molecule has 8 heteroatoms. The van der Waals surface area contributed by atoms with Gasteiger partial charge in [-0.25, -0.2) is 0 Å². The second-order valence-corrected chi connectivity index (χ2v) is 5.52. The van der Waals surface area contributed by atoms with E-state index in [2.05, 4.69) is 26.0 Å². The molecule has 0 radical (unpaired) electrons. The van der Waals surface area contributed by atoms with Gasteiger partial charge in [-0.05, 0) is 38.0 Å². The van der Waals surface area contributed by atoms with Crippen LogP contribution in [0.25, 0.3) is 0 Å².